The average molecular weight is 385 g/mol. The number of allylic oxidation sites excluding steroid dienone is 3. The Hall–Kier alpha value is -2.40. The normalized spacial score (nSPS) is 17.7. The van der Waals surface area contributed by atoms with E-state index in [1.54, 1.807) is 12.4 Å². The SMILES string of the molecule is CC1=CC(c2ccccc2Br)C(C(=O)O)=C(C)N1c1cccnc1. The van der Waals surface area contributed by atoms with Gasteiger partial charge in [0, 0.05) is 28.0 Å². The fourth-order valence-corrected chi connectivity index (χ4v) is 3.68. The number of aromatic nitrogens is 1. The molecule has 1 aliphatic rings. The van der Waals surface area contributed by atoms with Crippen molar-refractivity contribution >= 4 is 27.6 Å². The van der Waals surface area contributed by atoms with Gasteiger partial charge in [-0.25, -0.2) is 4.79 Å². The molecule has 2 aromatic rings. The second-order valence-corrected chi connectivity index (χ2v) is 6.51. The van der Waals surface area contributed by atoms with Gasteiger partial charge in [-0.2, -0.15) is 0 Å². The van der Waals surface area contributed by atoms with Crippen LogP contribution in [0.4, 0.5) is 5.69 Å². The van der Waals surface area contributed by atoms with Gasteiger partial charge in [0.25, 0.3) is 0 Å². The van der Waals surface area contributed by atoms with E-state index in [0.29, 0.717) is 11.3 Å². The van der Waals surface area contributed by atoms with Crippen molar-refractivity contribution in [1.29, 1.82) is 0 Å². The summed E-state index contributed by atoms with van der Waals surface area (Å²) in [5, 5.41) is 9.84. The molecular formula is C19H17BrN2O2. The summed E-state index contributed by atoms with van der Waals surface area (Å²) < 4.78 is 0.903. The lowest BCUT2D eigenvalue weighted by Gasteiger charge is -2.34. The van der Waals surface area contributed by atoms with Crippen LogP contribution in [0.1, 0.15) is 25.3 Å². The second-order valence-electron chi connectivity index (χ2n) is 5.66. The fourth-order valence-electron chi connectivity index (χ4n) is 3.15. The molecule has 0 radical (unpaired) electrons. The van der Waals surface area contributed by atoms with E-state index in [1.165, 1.54) is 0 Å². The number of carboxylic acids is 1. The van der Waals surface area contributed by atoms with Crippen molar-refractivity contribution in [2.24, 2.45) is 0 Å². The molecular weight excluding hydrogens is 368 g/mol. The van der Waals surface area contributed by atoms with Gasteiger partial charge < -0.3 is 10.0 Å². The highest BCUT2D eigenvalue weighted by Gasteiger charge is 2.31. The van der Waals surface area contributed by atoms with E-state index < -0.39 is 5.97 Å². The Labute approximate surface area is 149 Å². The molecule has 0 saturated heterocycles. The van der Waals surface area contributed by atoms with Gasteiger partial charge in [-0.1, -0.05) is 40.2 Å². The monoisotopic (exact) mass is 384 g/mol. The molecule has 0 amide bonds. The maximum atomic E-state index is 12.0. The Morgan fingerprint density at radius 1 is 1.21 bits per heavy atom. The summed E-state index contributed by atoms with van der Waals surface area (Å²) in [7, 11) is 0. The van der Waals surface area contributed by atoms with Crippen LogP contribution in [0.5, 0.6) is 0 Å². The minimum atomic E-state index is -0.911. The third-order valence-electron chi connectivity index (χ3n) is 4.17. The summed E-state index contributed by atoms with van der Waals surface area (Å²) in [5.74, 6) is -1.21. The molecule has 1 atom stereocenters. The zero-order valence-electron chi connectivity index (χ0n) is 13.4. The highest BCUT2D eigenvalue weighted by Crippen LogP contribution is 2.40. The van der Waals surface area contributed by atoms with E-state index in [1.807, 2.05) is 61.2 Å². The molecule has 4 nitrogen and oxygen atoms in total. The van der Waals surface area contributed by atoms with Gasteiger partial charge in [-0.15, -0.1) is 0 Å². The van der Waals surface area contributed by atoms with Crippen molar-refractivity contribution in [2.45, 2.75) is 19.8 Å². The molecule has 122 valence electrons. The molecule has 2 heterocycles. The minimum Gasteiger partial charge on any atom is -0.478 e. The number of anilines is 1. The molecule has 1 aromatic carbocycles. The van der Waals surface area contributed by atoms with Gasteiger partial charge in [0.15, 0.2) is 0 Å². The number of carboxylic acid groups (broad SMARTS) is 1. The van der Waals surface area contributed by atoms with E-state index in [4.69, 9.17) is 0 Å². The molecule has 1 aromatic heterocycles. The number of nitrogens with zero attached hydrogens (tertiary/aromatic N) is 2. The summed E-state index contributed by atoms with van der Waals surface area (Å²) in [5.41, 5.74) is 3.85. The van der Waals surface area contributed by atoms with Crippen LogP contribution in [0, 0.1) is 0 Å². The van der Waals surface area contributed by atoms with E-state index >= 15 is 0 Å². The number of rotatable bonds is 3. The molecule has 0 fully saturated rings. The van der Waals surface area contributed by atoms with Crippen LogP contribution < -0.4 is 4.90 Å². The van der Waals surface area contributed by atoms with Gasteiger partial charge in [0.1, 0.15) is 0 Å². The summed E-state index contributed by atoms with van der Waals surface area (Å²) in [6.07, 6.45) is 5.43. The highest BCUT2D eigenvalue weighted by molar-refractivity contribution is 9.10. The van der Waals surface area contributed by atoms with Crippen LogP contribution >= 0.6 is 15.9 Å². The Balaban J connectivity index is 2.16. The van der Waals surface area contributed by atoms with Crippen LogP contribution in [0.3, 0.4) is 0 Å². The zero-order valence-corrected chi connectivity index (χ0v) is 15.0. The maximum Gasteiger partial charge on any atom is 0.334 e. The number of aliphatic carboxylic acids is 1. The van der Waals surface area contributed by atoms with Crippen LogP contribution in [-0.4, -0.2) is 16.1 Å². The molecule has 0 spiro atoms. The van der Waals surface area contributed by atoms with Crippen molar-refractivity contribution in [3.05, 3.63) is 81.9 Å². The van der Waals surface area contributed by atoms with E-state index in [2.05, 4.69) is 20.9 Å². The molecule has 0 aliphatic carbocycles. The molecule has 0 saturated carbocycles. The molecule has 24 heavy (non-hydrogen) atoms. The van der Waals surface area contributed by atoms with Crippen molar-refractivity contribution in [3.63, 3.8) is 0 Å². The topological polar surface area (TPSA) is 53.4 Å². The predicted molar refractivity (Wildman–Crippen MR) is 97.7 cm³/mol. The lowest BCUT2D eigenvalue weighted by atomic mass is 9.86. The first-order valence-electron chi connectivity index (χ1n) is 7.57. The number of hydrogen-bond donors (Lipinski definition) is 1. The Kier molecular flexibility index (Phi) is 4.53. The van der Waals surface area contributed by atoms with Crippen LogP contribution in [0.15, 0.2) is 76.3 Å². The molecule has 1 aliphatic heterocycles. The number of hydrogen-bond acceptors (Lipinski definition) is 3. The van der Waals surface area contributed by atoms with Crippen molar-refractivity contribution in [3.8, 4) is 0 Å². The Morgan fingerprint density at radius 2 is 1.96 bits per heavy atom. The summed E-state index contributed by atoms with van der Waals surface area (Å²) in [6.45, 7) is 3.83. The molecule has 1 unspecified atom stereocenters. The van der Waals surface area contributed by atoms with E-state index in [-0.39, 0.29) is 5.92 Å². The van der Waals surface area contributed by atoms with Gasteiger partial charge in [-0.3, -0.25) is 4.98 Å². The zero-order chi connectivity index (χ0) is 17.3. The van der Waals surface area contributed by atoms with Crippen LogP contribution in [0.2, 0.25) is 0 Å². The number of carbonyl (C=O) groups is 1. The lowest BCUT2D eigenvalue weighted by Crippen LogP contribution is -2.29. The number of benzene rings is 1. The van der Waals surface area contributed by atoms with Crippen molar-refractivity contribution in [1.82, 2.24) is 4.98 Å². The lowest BCUT2D eigenvalue weighted by molar-refractivity contribution is -0.133. The molecule has 3 rings (SSSR count). The smallest absolute Gasteiger partial charge is 0.334 e. The quantitative estimate of drug-likeness (QED) is 0.832. The summed E-state index contributed by atoms with van der Waals surface area (Å²) in [6, 6.07) is 11.5. The standard InChI is InChI=1S/C19H17BrN2O2/c1-12-10-16(15-7-3-4-8-17(15)20)18(19(23)24)13(2)22(12)14-6-5-9-21-11-14/h3-11,16H,1-2H3,(H,23,24). The number of pyridine rings is 1. The highest BCUT2D eigenvalue weighted by atomic mass is 79.9. The second kappa shape index (κ2) is 6.61. The molecule has 5 heteroatoms. The van der Waals surface area contributed by atoms with Crippen molar-refractivity contribution in [2.75, 3.05) is 4.90 Å². The third-order valence-corrected chi connectivity index (χ3v) is 4.89. The van der Waals surface area contributed by atoms with Gasteiger partial charge in [0.2, 0.25) is 0 Å². The third kappa shape index (κ3) is 2.87. The number of halogens is 1. The van der Waals surface area contributed by atoms with E-state index in [9.17, 15) is 9.90 Å². The van der Waals surface area contributed by atoms with E-state index in [0.717, 1.165) is 21.4 Å². The van der Waals surface area contributed by atoms with Gasteiger partial charge in [-0.05, 0) is 37.6 Å². The first kappa shape index (κ1) is 16.5. The summed E-state index contributed by atoms with van der Waals surface area (Å²) >= 11 is 3.54. The molecule has 0 bridgehead atoms. The van der Waals surface area contributed by atoms with Gasteiger partial charge >= 0.3 is 5.97 Å². The van der Waals surface area contributed by atoms with Crippen LogP contribution in [0.25, 0.3) is 0 Å². The maximum absolute atomic E-state index is 12.0. The molecule has 1 N–H and O–H groups in total. The Morgan fingerprint density at radius 3 is 2.58 bits per heavy atom. The predicted octanol–water partition coefficient (Wildman–Crippen LogP) is 4.71. The largest absolute Gasteiger partial charge is 0.478 e. The van der Waals surface area contributed by atoms with Gasteiger partial charge in [0.05, 0.1) is 17.5 Å². The summed E-state index contributed by atoms with van der Waals surface area (Å²) in [4.78, 5) is 18.1. The van der Waals surface area contributed by atoms with Crippen molar-refractivity contribution < 1.29 is 9.90 Å². The van der Waals surface area contributed by atoms with Crippen LogP contribution in [-0.2, 0) is 4.79 Å². The average Bonchev–Trinajstić information content (AvgIpc) is 2.55. The minimum absolute atomic E-state index is 0.300. The fraction of sp³-hybridized carbons (Fsp3) is 0.158. The first-order chi connectivity index (χ1) is 11.5. The first-order valence-corrected chi connectivity index (χ1v) is 8.37. The Bertz CT molecular complexity index is 843.